The van der Waals surface area contributed by atoms with E-state index in [4.69, 9.17) is 4.74 Å². The molecule has 0 atom stereocenters. The van der Waals surface area contributed by atoms with Crippen LogP contribution in [0.3, 0.4) is 0 Å². The number of ether oxygens (including phenoxy) is 1. The number of nitro benzene ring substituents is 1. The van der Waals surface area contributed by atoms with E-state index in [2.05, 4.69) is 0 Å². The molecular formula is C13H13F3N2O5. The predicted molar refractivity (Wildman–Crippen MR) is 73.4 cm³/mol. The Bertz CT molecular complexity index is 631. The zero-order valence-electron chi connectivity index (χ0n) is 12.2. The number of alkyl halides is 3. The van der Waals surface area contributed by atoms with E-state index in [-0.39, 0.29) is 22.8 Å². The number of carbonyl (C=O) groups excluding carboxylic acids is 2. The molecule has 0 aliphatic carbocycles. The summed E-state index contributed by atoms with van der Waals surface area (Å²) in [6.45, 7) is 0.620. The van der Waals surface area contributed by atoms with Crippen LogP contribution in [0, 0.1) is 10.1 Å². The van der Waals surface area contributed by atoms with E-state index < -0.39 is 35.0 Å². The van der Waals surface area contributed by atoms with Gasteiger partial charge in [-0.25, -0.2) is 0 Å². The van der Waals surface area contributed by atoms with Crippen molar-refractivity contribution in [2.24, 2.45) is 0 Å². The van der Waals surface area contributed by atoms with Crippen molar-refractivity contribution in [3.8, 4) is 5.75 Å². The molecule has 0 heterocycles. The minimum atomic E-state index is -5.21. The van der Waals surface area contributed by atoms with Crippen LogP contribution in [0.15, 0.2) is 18.2 Å². The third-order valence-electron chi connectivity index (χ3n) is 2.88. The van der Waals surface area contributed by atoms with Crippen molar-refractivity contribution in [1.82, 2.24) is 0 Å². The van der Waals surface area contributed by atoms with Crippen LogP contribution in [0.25, 0.3) is 0 Å². The van der Waals surface area contributed by atoms with Crippen LogP contribution in [0.2, 0.25) is 0 Å². The molecule has 0 aromatic heterocycles. The first kappa shape index (κ1) is 18.4. The van der Waals surface area contributed by atoms with Gasteiger partial charge < -0.3 is 4.74 Å². The van der Waals surface area contributed by atoms with E-state index in [0.29, 0.717) is 0 Å². The lowest BCUT2D eigenvalue weighted by molar-refractivity contribution is -0.384. The maximum absolute atomic E-state index is 12.7. The zero-order valence-corrected chi connectivity index (χ0v) is 12.2. The van der Waals surface area contributed by atoms with Crippen LogP contribution in [0.5, 0.6) is 5.75 Å². The van der Waals surface area contributed by atoms with Crippen LogP contribution in [0.4, 0.5) is 24.5 Å². The maximum Gasteiger partial charge on any atom is 0.471 e. The Labute approximate surface area is 128 Å². The first-order chi connectivity index (χ1) is 10.6. The van der Waals surface area contributed by atoms with Gasteiger partial charge >= 0.3 is 12.1 Å². The van der Waals surface area contributed by atoms with Gasteiger partial charge in [0.2, 0.25) is 0 Å². The third kappa shape index (κ3) is 4.41. The minimum absolute atomic E-state index is 0.0725. The van der Waals surface area contributed by atoms with Crippen molar-refractivity contribution in [3.05, 3.63) is 28.3 Å². The molecule has 126 valence electrons. The number of benzene rings is 1. The van der Waals surface area contributed by atoms with Crippen molar-refractivity contribution in [2.75, 3.05) is 18.6 Å². The molecule has 0 fully saturated rings. The molecule has 0 radical (unpaired) electrons. The Morgan fingerprint density at radius 1 is 1.35 bits per heavy atom. The number of non-ortho nitro benzene ring substituents is 1. The number of carbonyl (C=O) groups is 2. The molecule has 23 heavy (non-hydrogen) atoms. The molecule has 0 bridgehead atoms. The molecular weight excluding hydrogens is 321 g/mol. The molecule has 0 spiro atoms. The molecule has 0 saturated carbocycles. The Hall–Kier alpha value is -2.65. The fourth-order valence-electron chi connectivity index (χ4n) is 1.71. The summed E-state index contributed by atoms with van der Waals surface area (Å²) < 4.78 is 43.0. The van der Waals surface area contributed by atoms with Crippen molar-refractivity contribution >= 4 is 23.1 Å². The van der Waals surface area contributed by atoms with Crippen LogP contribution in [-0.2, 0) is 9.59 Å². The van der Waals surface area contributed by atoms with Gasteiger partial charge in [0.15, 0.2) is 5.78 Å². The van der Waals surface area contributed by atoms with E-state index in [9.17, 15) is 32.9 Å². The number of hydrogen-bond donors (Lipinski definition) is 0. The number of halogens is 3. The van der Waals surface area contributed by atoms with E-state index in [1.54, 1.807) is 0 Å². The summed E-state index contributed by atoms with van der Waals surface area (Å²) in [5, 5.41) is 10.7. The van der Waals surface area contributed by atoms with Gasteiger partial charge in [0.05, 0.1) is 30.3 Å². The van der Waals surface area contributed by atoms with Crippen molar-refractivity contribution in [2.45, 2.75) is 19.5 Å². The van der Waals surface area contributed by atoms with E-state index >= 15 is 0 Å². The van der Waals surface area contributed by atoms with Gasteiger partial charge in [-0.3, -0.25) is 24.6 Å². The monoisotopic (exact) mass is 334 g/mol. The lowest BCUT2D eigenvalue weighted by atomic mass is 10.2. The van der Waals surface area contributed by atoms with Crippen LogP contribution in [0.1, 0.15) is 13.3 Å². The Kier molecular flexibility index (Phi) is 5.66. The highest BCUT2D eigenvalue weighted by molar-refractivity contribution is 6.03. The summed E-state index contributed by atoms with van der Waals surface area (Å²) in [7, 11) is 1.08. The lowest BCUT2D eigenvalue weighted by Crippen LogP contribution is -2.44. The number of amides is 1. The number of anilines is 1. The van der Waals surface area contributed by atoms with Gasteiger partial charge in [-0.1, -0.05) is 6.92 Å². The molecule has 0 N–H and O–H groups in total. The summed E-state index contributed by atoms with van der Waals surface area (Å²) in [6, 6.07) is 2.73. The average molecular weight is 334 g/mol. The number of ketones is 1. The molecule has 0 aliphatic heterocycles. The lowest BCUT2D eigenvalue weighted by Gasteiger charge is -2.24. The quantitative estimate of drug-likeness (QED) is 0.589. The second-order valence-corrected chi connectivity index (χ2v) is 4.39. The summed E-state index contributed by atoms with van der Waals surface area (Å²) in [4.78, 5) is 33.2. The van der Waals surface area contributed by atoms with Crippen molar-refractivity contribution < 1.29 is 32.4 Å². The van der Waals surface area contributed by atoms with Gasteiger partial charge in [-0.2, -0.15) is 13.2 Å². The molecule has 0 aliphatic rings. The van der Waals surface area contributed by atoms with Crippen LogP contribution >= 0.6 is 0 Å². The van der Waals surface area contributed by atoms with Gasteiger partial charge in [0.1, 0.15) is 5.75 Å². The van der Waals surface area contributed by atoms with E-state index in [1.165, 1.54) is 6.92 Å². The number of nitro groups is 1. The molecule has 1 rings (SSSR count). The number of Topliss-reactive ketones (excluding diaryl/α,β-unsaturated/α-hetero) is 1. The fourth-order valence-corrected chi connectivity index (χ4v) is 1.71. The Morgan fingerprint density at radius 2 is 1.96 bits per heavy atom. The summed E-state index contributed by atoms with van der Waals surface area (Å²) in [5.74, 6) is -3.19. The molecule has 10 heteroatoms. The molecule has 1 aromatic rings. The smallest absolute Gasteiger partial charge is 0.471 e. The van der Waals surface area contributed by atoms with Gasteiger partial charge in [0, 0.05) is 12.5 Å². The number of rotatable bonds is 6. The Morgan fingerprint density at radius 3 is 2.39 bits per heavy atom. The van der Waals surface area contributed by atoms with E-state index in [1.807, 2.05) is 0 Å². The summed E-state index contributed by atoms with van der Waals surface area (Å²) >= 11 is 0. The largest absolute Gasteiger partial charge is 0.494 e. The molecule has 0 unspecified atom stereocenters. The Balaban J connectivity index is 3.39. The first-order valence-electron chi connectivity index (χ1n) is 6.34. The standard InChI is InChI=1S/C13H13F3N2O5/c1-3-9(19)7-17(12(20)13(14,15)16)10-5-4-8(18(21)22)6-11(10)23-2/h4-6H,3,7H2,1-2H3. The fraction of sp³-hybridized carbons (Fsp3) is 0.385. The number of methoxy groups -OCH3 is 1. The van der Waals surface area contributed by atoms with Gasteiger partial charge in [-0.15, -0.1) is 0 Å². The van der Waals surface area contributed by atoms with E-state index in [0.717, 1.165) is 25.3 Å². The topological polar surface area (TPSA) is 89.8 Å². The maximum atomic E-state index is 12.7. The average Bonchev–Trinajstić information content (AvgIpc) is 2.50. The highest BCUT2D eigenvalue weighted by Gasteiger charge is 2.44. The summed E-state index contributed by atoms with van der Waals surface area (Å²) in [5.41, 5.74) is -0.797. The highest BCUT2D eigenvalue weighted by atomic mass is 19.4. The van der Waals surface area contributed by atoms with Crippen molar-refractivity contribution in [1.29, 1.82) is 0 Å². The number of nitrogens with zero attached hydrogens (tertiary/aromatic N) is 2. The number of hydrogen-bond acceptors (Lipinski definition) is 5. The molecule has 1 amide bonds. The molecule has 1 aromatic carbocycles. The third-order valence-corrected chi connectivity index (χ3v) is 2.88. The highest BCUT2D eigenvalue weighted by Crippen LogP contribution is 2.34. The first-order valence-corrected chi connectivity index (χ1v) is 6.34. The normalized spacial score (nSPS) is 11.0. The van der Waals surface area contributed by atoms with Crippen LogP contribution in [-0.4, -0.2) is 36.4 Å². The minimum Gasteiger partial charge on any atom is -0.494 e. The van der Waals surface area contributed by atoms with Crippen LogP contribution < -0.4 is 9.64 Å². The van der Waals surface area contributed by atoms with Gasteiger partial charge in [-0.05, 0) is 6.07 Å². The summed E-state index contributed by atoms with van der Waals surface area (Å²) in [6.07, 6.45) is -5.28. The predicted octanol–water partition coefficient (Wildman–Crippen LogP) is 2.48. The van der Waals surface area contributed by atoms with Gasteiger partial charge in [0.25, 0.3) is 5.69 Å². The SMILES string of the molecule is CCC(=O)CN(C(=O)C(F)(F)F)c1ccc([N+](=O)[O-])cc1OC. The van der Waals surface area contributed by atoms with Crippen molar-refractivity contribution in [3.63, 3.8) is 0 Å². The second kappa shape index (κ2) is 7.07. The molecule has 0 saturated heterocycles. The zero-order chi connectivity index (χ0) is 17.8. The molecule has 7 nitrogen and oxygen atoms in total. The second-order valence-electron chi connectivity index (χ2n) is 4.39.